The summed E-state index contributed by atoms with van der Waals surface area (Å²) in [5, 5.41) is 4.91. The van der Waals surface area contributed by atoms with Gasteiger partial charge < -0.3 is 18.9 Å². The number of nitrogens with zero attached hydrogens (tertiary/aromatic N) is 4. The molecule has 0 saturated heterocycles. The summed E-state index contributed by atoms with van der Waals surface area (Å²) in [6.45, 7) is 7.35. The van der Waals surface area contributed by atoms with E-state index in [9.17, 15) is 14.4 Å². The van der Waals surface area contributed by atoms with Gasteiger partial charge in [-0.05, 0) is 80.9 Å². The average molecular weight is 679 g/mol. The quantitative estimate of drug-likeness (QED) is 0.150. The van der Waals surface area contributed by atoms with E-state index in [1.54, 1.807) is 42.8 Å². The Hall–Kier alpha value is -5.75. The molecule has 1 aliphatic rings. The van der Waals surface area contributed by atoms with Gasteiger partial charge in [-0.15, -0.1) is 0 Å². The highest BCUT2D eigenvalue weighted by molar-refractivity contribution is 7.07. The molecular weight excluding hydrogens is 644 g/mol. The Morgan fingerprint density at radius 2 is 1.73 bits per heavy atom. The summed E-state index contributed by atoms with van der Waals surface area (Å²) in [6, 6.07) is 21.4. The van der Waals surface area contributed by atoms with Crippen molar-refractivity contribution in [1.82, 2.24) is 14.3 Å². The van der Waals surface area contributed by atoms with E-state index in [-0.39, 0.29) is 29.2 Å². The summed E-state index contributed by atoms with van der Waals surface area (Å²) in [6.07, 6.45) is 3.68. The first-order valence-corrected chi connectivity index (χ1v) is 16.5. The third kappa shape index (κ3) is 6.68. The van der Waals surface area contributed by atoms with Gasteiger partial charge in [0.2, 0.25) is 0 Å². The molecule has 3 heterocycles. The first-order valence-electron chi connectivity index (χ1n) is 15.7. The lowest BCUT2D eigenvalue weighted by Crippen LogP contribution is -2.40. The number of para-hydroxylation sites is 1. The van der Waals surface area contributed by atoms with Crippen LogP contribution < -0.4 is 29.1 Å². The van der Waals surface area contributed by atoms with E-state index in [1.807, 2.05) is 67.7 Å². The fourth-order valence-electron chi connectivity index (χ4n) is 5.65. The summed E-state index contributed by atoms with van der Waals surface area (Å²) in [5.41, 5.74) is 3.92. The smallest absolute Gasteiger partial charge is 0.338 e. The highest BCUT2D eigenvalue weighted by atomic mass is 32.1. The van der Waals surface area contributed by atoms with Crippen molar-refractivity contribution in [2.24, 2.45) is 4.99 Å². The molecule has 0 radical (unpaired) electrons. The van der Waals surface area contributed by atoms with Crippen LogP contribution in [0.2, 0.25) is 0 Å². The largest absolute Gasteiger partial charge is 0.494 e. The van der Waals surface area contributed by atoms with Gasteiger partial charge in [-0.2, -0.15) is 5.10 Å². The second kappa shape index (κ2) is 14.2. The summed E-state index contributed by atoms with van der Waals surface area (Å²) >= 11 is 1.21. The maximum atomic E-state index is 14.4. The van der Waals surface area contributed by atoms with E-state index in [4.69, 9.17) is 29.0 Å². The molecule has 3 aromatic carbocycles. The van der Waals surface area contributed by atoms with Crippen LogP contribution in [0.15, 0.2) is 100 Å². The van der Waals surface area contributed by atoms with Crippen LogP contribution in [-0.2, 0) is 14.3 Å². The second-order valence-corrected chi connectivity index (χ2v) is 12.0. The Morgan fingerprint density at radius 1 is 0.980 bits per heavy atom. The number of carbonyl (C=O) groups is 2. The van der Waals surface area contributed by atoms with Crippen molar-refractivity contribution < 1.29 is 28.5 Å². The number of fused-ring (bicyclic) bond motifs is 1. The lowest BCUT2D eigenvalue weighted by Gasteiger charge is -2.25. The monoisotopic (exact) mass is 678 g/mol. The predicted molar refractivity (Wildman–Crippen MR) is 185 cm³/mol. The molecule has 6 rings (SSSR count). The van der Waals surface area contributed by atoms with Gasteiger partial charge in [0.1, 0.15) is 11.4 Å². The minimum atomic E-state index is -0.893. The zero-order valence-corrected chi connectivity index (χ0v) is 28.4. The molecule has 0 fully saturated rings. The van der Waals surface area contributed by atoms with Gasteiger partial charge in [0, 0.05) is 24.2 Å². The number of ether oxygens (including phenoxy) is 4. The van der Waals surface area contributed by atoms with Gasteiger partial charge in [0.15, 0.2) is 16.3 Å². The van der Waals surface area contributed by atoms with E-state index in [2.05, 4.69) is 0 Å². The van der Waals surface area contributed by atoms with Crippen LogP contribution >= 0.6 is 11.3 Å². The van der Waals surface area contributed by atoms with E-state index in [0.717, 1.165) is 17.0 Å². The zero-order valence-electron chi connectivity index (χ0n) is 27.6. The molecule has 1 atom stereocenters. The zero-order chi connectivity index (χ0) is 34.7. The molecule has 0 spiro atoms. The van der Waals surface area contributed by atoms with Gasteiger partial charge in [-0.25, -0.2) is 14.5 Å². The Balaban J connectivity index is 1.54. The normalized spacial score (nSPS) is 14.2. The fraction of sp³-hybridized carbons (Fsp3) is 0.216. The molecule has 0 aliphatic carbocycles. The minimum absolute atomic E-state index is 0.140. The fourth-order valence-corrected chi connectivity index (χ4v) is 6.69. The Bertz CT molecular complexity index is 2250. The van der Waals surface area contributed by atoms with Crippen LogP contribution in [-0.4, -0.2) is 46.6 Å². The number of thiazole rings is 1. The summed E-state index contributed by atoms with van der Waals surface area (Å²) in [5.74, 6) is 0.117. The maximum Gasteiger partial charge on any atom is 0.338 e. The van der Waals surface area contributed by atoms with Gasteiger partial charge in [-0.1, -0.05) is 35.6 Å². The maximum absolute atomic E-state index is 14.4. The van der Waals surface area contributed by atoms with Crippen LogP contribution in [0.3, 0.4) is 0 Å². The highest BCUT2D eigenvalue weighted by Crippen LogP contribution is 2.36. The van der Waals surface area contributed by atoms with Crippen LogP contribution in [0.25, 0.3) is 23.0 Å². The molecule has 5 aromatic rings. The minimum Gasteiger partial charge on any atom is -0.494 e. The number of methoxy groups -OCH3 is 1. The Morgan fingerprint density at radius 3 is 2.41 bits per heavy atom. The lowest BCUT2D eigenvalue weighted by atomic mass is 9.95. The predicted octanol–water partition coefficient (Wildman–Crippen LogP) is 4.98. The molecule has 2 aromatic heterocycles. The van der Waals surface area contributed by atoms with Crippen molar-refractivity contribution in [2.45, 2.75) is 33.7 Å². The lowest BCUT2D eigenvalue weighted by molar-refractivity contribution is -0.139. The van der Waals surface area contributed by atoms with E-state index >= 15 is 0 Å². The molecule has 0 N–H and O–H groups in total. The molecule has 49 heavy (non-hydrogen) atoms. The van der Waals surface area contributed by atoms with Crippen molar-refractivity contribution in [3.63, 3.8) is 0 Å². The van der Waals surface area contributed by atoms with Crippen LogP contribution in [0.1, 0.15) is 44.9 Å². The molecule has 11 nitrogen and oxygen atoms in total. The number of allylic oxidation sites excluding steroid dienone is 1. The molecule has 1 aliphatic heterocycles. The van der Waals surface area contributed by atoms with Crippen molar-refractivity contribution >= 4 is 29.4 Å². The standard InChI is InChI=1S/C37H34N4O7S/c1-6-46-28-16-13-24(14-17-28)33-26(21-40(39-33)27-11-9-8-10-12-27)20-31-35(43)41-34(25-15-18-29(48-23(4)42)30(19-25)45-5)32(36(44)47-7-2)22(3)38-37(41)49-31/h8-21,34H,6-7H2,1-5H3/b31-20-/t34-/m1/s1. The molecule has 0 unspecified atom stereocenters. The number of esters is 2. The summed E-state index contributed by atoms with van der Waals surface area (Å²) < 4.78 is 25.6. The van der Waals surface area contributed by atoms with Gasteiger partial charge in [-0.3, -0.25) is 14.2 Å². The second-order valence-electron chi connectivity index (χ2n) is 11.0. The van der Waals surface area contributed by atoms with E-state index in [0.29, 0.717) is 38.5 Å². The van der Waals surface area contributed by atoms with Crippen LogP contribution in [0.4, 0.5) is 0 Å². The van der Waals surface area contributed by atoms with Crippen molar-refractivity contribution in [1.29, 1.82) is 0 Å². The first-order chi connectivity index (χ1) is 23.7. The SMILES string of the molecule is CCOC(=O)C1=C(C)N=c2s/c(=C\c3cn(-c4ccccc4)nc3-c3ccc(OCC)cc3)c(=O)n2[C@@H]1c1ccc(OC(C)=O)c(OC)c1. The third-order valence-electron chi connectivity index (χ3n) is 7.76. The third-order valence-corrected chi connectivity index (χ3v) is 8.75. The van der Waals surface area contributed by atoms with Gasteiger partial charge in [0.05, 0.1) is 47.9 Å². The van der Waals surface area contributed by atoms with Crippen LogP contribution in [0, 0.1) is 0 Å². The molecule has 0 amide bonds. The number of benzene rings is 3. The molecule has 12 heteroatoms. The summed E-state index contributed by atoms with van der Waals surface area (Å²) in [7, 11) is 1.45. The topological polar surface area (TPSA) is 123 Å². The Kier molecular flexibility index (Phi) is 9.58. The van der Waals surface area contributed by atoms with Crippen LogP contribution in [0.5, 0.6) is 17.2 Å². The number of hydrogen-bond acceptors (Lipinski definition) is 10. The molecule has 250 valence electrons. The number of carbonyl (C=O) groups excluding carboxylic acids is 2. The highest BCUT2D eigenvalue weighted by Gasteiger charge is 2.34. The van der Waals surface area contributed by atoms with Crippen molar-refractivity contribution in [2.75, 3.05) is 20.3 Å². The number of aromatic nitrogens is 3. The van der Waals surface area contributed by atoms with Gasteiger partial charge in [0.25, 0.3) is 5.56 Å². The molecule has 0 saturated carbocycles. The van der Waals surface area contributed by atoms with Crippen molar-refractivity contribution in [3.05, 3.63) is 121 Å². The molecule has 0 bridgehead atoms. The number of hydrogen-bond donors (Lipinski definition) is 0. The molecular formula is C37H34N4O7S. The van der Waals surface area contributed by atoms with Crippen molar-refractivity contribution in [3.8, 4) is 34.2 Å². The summed E-state index contributed by atoms with van der Waals surface area (Å²) in [4.78, 5) is 44.6. The number of rotatable bonds is 10. The van der Waals surface area contributed by atoms with E-state index in [1.165, 1.54) is 29.9 Å². The van der Waals surface area contributed by atoms with E-state index < -0.39 is 18.0 Å². The van der Waals surface area contributed by atoms with Gasteiger partial charge >= 0.3 is 11.9 Å². The Labute approximate surface area is 286 Å². The average Bonchev–Trinajstić information content (AvgIpc) is 3.65. The first kappa shape index (κ1) is 33.2.